The molecule has 1 aliphatic rings. The average Bonchev–Trinajstić information content (AvgIpc) is 3.18. The first-order valence-corrected chi connectivity index (χ1v) is 9.04. The van der Waals surface area contributed by atoms with Gasteiger partial charge in [0, 0.05) is 50.1 Å². The number of imidazole rings is 1. The molecule has 146 valence electrons. The number of carbonyl (C=O) groups is 1. The summed E-state index contributed by atoms with van der Waals surface area (Å²) in [7, 11) is 1.51. The minimum absolute atomic E-state index is 0.109. The van der Waals surface area contributed by atoms with E-state index in [4.69, 9.17) is 4.74 Å². The van der Waals surface area contributed by atoms with Crippen molar-refractivity contribution in [2.45, 2.75) is 31.4 Å². The van der Waals surface area contributed by atoms with Gasteiger partial charge in [-0.3, -0.25) is 4.79 Å². The Labute approximate surface area is 157 Å². The van der Waals surface area contributed by atoms with Gasteiger partial charge in [-0.1, -0.05) is 0 Å². The second-order valence-electron chi connectivity index (χ2n) is 6.82. The predicted octanol–water partition coefficient (Wildman–Crippen LogP) is 1.24. The number of benzene rings is 1. The van der Waals surface area contributed by atoms with Crippen LogP contribution in [0.3, 0.4) is 0 Å². The van der Waals surface area contributed by atoms with Crippen molar-refractivity contribution in [2.75, 3.05) is 26.7 Å². The number of hydrogen-bond donors (Lipinski definition) is 3. The largest absolute Gasteiger partial charge is 0.497 e. The van der Waals surface area contributed by atoms with E-state index >= 15 is 0 Å². The first-order chi connectivity index (χ1) is 13.0. The normalized spacial score (nSPS) is 20.1. The number of aliphatic hydroxyl groups is 1. The van der Waals surface area contributed by atoms with Gasteiger partial charge in [-0.2, -0.15) is 0 Å². The molecule has 7 nitrogen and oxygen atoms in total. The third kappa shape index (κ3) is 4.64. The van der Waals surface area contributed by atoms with Crippen LogP contribution in [0.1, 0.15) is 24.1 Å². The Morgan fingerprint density at radius 1 is 1.48 bits per heavy atom. The van der Waals surface area contributed by atoms with Gasteiger partial charge in [0.05, 0.1) is 13.4 Å². The fourth-order valence-corrected chi connectivity index (χ4v) is 3.32. The number of carbonyl (C=O) groups excluding carboxylic acids is 1. The van der Waals surface area contributed by atoms with Gasteiger partial charge in [-0.05, 0) is 31.0 Å². The molecule has 27 heavy (non-hydrogen) atoms. The zero-order valence-electron chi connectivity index (χ0n) is 15.4. The maximum absolute atomic E-state index is 14.1. The number of aromatic nitrogens is 2. The van der Waals surface area contributed by atoms with Crippen molar-refractivity contribution in [2.24, 2.45) is 0 Å². The SMILES string of the molecule is COc1ccc(F)c(CN2CCCC(O)(CNCCc3cnc[nH]3)C2=O)c1. The molecule has 1 aromatic carbocycles. The fourth-order valence-electron chi connectivity index (χ4n) is 3.32. The van der Waals surface area contributed by atoms with E-state index in [0.717, 1.165) is 12.1 Å². The van der Waals surface area contributed by atoms with Crippen LogP contribution in [0.15, 0.2) is 30.7 Å². The minimum Gasteiger partial charge on any atom is -0.497 e. The molecule has 2 heterocycles. The summed E-state index contributed by atoms with van der Waals surface area (Å²) in [5.41, 5.74) is -0.111. The Morgan fingerprint density at radius 3 is 3.07 bits per heavy atom. The van der Waals surface area contributed by atoms with Crippen LogP contribution in [0.4, 0.5) is 4.39 Å². The molecule has 1 amide bonds. The first kappa shape index (κ1) is 19.3. The number of methoxy groups -OCH3 is 1. The molecular weight excluding hydrogens is 351 g/mol. The van der Waals surface area contributed by atoms with E-state index in [1.807, 2.05) is 0 Å². The summed E-state index contributed by atoms with van der Waals surface area (Å²) in [4.78, 5) is 21.3. The number of amides is 1. The molecule has 1 unspecified atom stereocenters. The highest BCUT2D eigenvalue weighted by Gasteiger charge is 2.41. The molecule has 1 aliphatic heterocycles. The topological polar surface area (TPSA) is 90.5 Å². The van der Waals surface area contributed by atoms with Crippen molar-refractivity contribution in [3.63, 3.8) is 0 Å². The van der Waals surface area contributed by atoms with Crippen molar-refractivity contribution < 1.29 is 19.0 Å². The van der Waals surface area contributed by atoms with Crippen LogP contribution in [0.2, 0.25) is 0 Å². The lowest BCUT2D eigenvalue weighted by molar-refractivity contribution is -0.157. The summed E-state index contributed by atoms with van der Waals surface area (Å²) in [5.74, 6) is -0.230. The summed E-state index contributed by atoms with van der Waals surface area (Å²) in [6, 6.07) is 4.45. The molecule has 1 fully saturated rings. The van der Waals surface area contributed by atoms with Crippen molar-refractivity contribution in [3.8, 4) is 5.75 Å². The lowest BCUT2D eigenvalue weighted by atomic mass is 9.91. The van der Waals surface area contributed by atoms with Crippen LogP contribution in [0, 0.1) is 5.82 Å². The Bertz CT molecular complexity index is 768. The lowest BCUT2D eigenvalue weighted by Gasteiger charge is -2.38. The third-order valence-corrected chi connectivity index (χ3v) is 4.86. The van der Waals surface area contributed by atoms with Gasteiger partial charge in [0.15, 0.2) is 5.60 Å². The molecule has 0 aliphatic carbocycles. The molecule has 3 N–H and O–H groups in total. The lowest BCUT2D eigenvalue weighted by Crippen LogP contribution is -2.57. The van der Waals surface area contributed by atoms with E-state index in [1.54, 1.807) is 18.6 Å². The predicted molar refractivity (Wildman–Crippen MR) is 97.7 cm³/mol. The number of likely N-dealkylation sites (tertiary alicyclic amines) is 1. The van der Waals surface area contributed by atoms with Gasteiger partial charge >= 0.3 is 0 Å². The first-order valence-electron chi connectivity index (χ1n) is 9.04. The number of piperidine rings is 1. The summed E-state index contributed by atoms with van der Waals surface area (Å²) >= 11 is 0. The molecule has 0 spiro atoms. The van der Waals surface area contributed by atoms with E-state index in [0.29, 0.717) is 37.2 Å². The van der Waals surface area contributed by atoms with Gasteiger partial charge in [-0.15, -0.1) is 0 Å². The molecule has 8 heteroatoms. The van der Waals surface area contributed by atoms with Crippen molar-refractivity contribution >= 4 is 5.91 Å². The standard InChI is InChI=1S/C19H25FN4O3/c1-27-16-3-4-17(20)14(9-16)11-24-8-2-6-19(26,18(24)25)12-21-7-5-15-10-22-13-23-15/h3-4,9-10,13,21,26H,2,5-8,11-12H2,1H3,(H,22,23). The Balaban J connectivity index is 1.59. The molecule has 0 bridgehead atoms. The van der Waals surface area contributed by atoms with Crippen molar-refractivity contribution in [1.82, 2.24) is 20.2 Å². The van der Waals surface area contributed by atoms with Crippen LogP contribution >= 0.6 is 0 Å². The van der Waals surface area contributed by atoms with E-state index in [9.17, 15) is 14.3 Å². The Kier molecular flexibility index (Phi) is 6.08. The number of aromatic amines is 1. The molecule has 0 saturated carbocycles. The molecule has 1 saturated heterocycles. The second-order valence-corrected chi connectivity index (χ2v) is 6.82. The highest BCUT2D eigenvalue weighted by Crippen LogP contribution is 2.25. The number of halogens is 1. The molecule has 1 aromatic heterocycles. The van der Waals surface area contributed by atoms with Gasteiger partial charge < -0.3 is 25.0 Å². The summed E-state index contributed by atoms with van der Waals surface area (Å²) in [6.07, 6.45) is 5.13. The second kappa shape index (κ2) is 8.49. The smallest absolute Gasteiger partial charge is 0.256 e. The van der Waals surface area contributed by atoms with E-state index in [2.05, 4.69) is 15.3 Å². The van der Waals surface area contributed by atoms with E-state index in [1.165, 1.54) is 24.1 Å². The zero-order valence-corrected chi connectivity index (χ0v) is 15.4. The van der Waals surface area contributed by atoms with Crippen LogP contribution in [0.25, 0.3) is 0 Å². The summed E-state index contributed by atoms with van der Waals surface area (Å²) < 4.78 is 19.2. The molecular formula is C19H25FN4O3. The summed E-state index contributed by atoms with van der Waals surface area (Å²) in [6.45, 7) is 1.38. The number of nitrogens with one attached hydrogen (secondary N) is 2. The van der Waals surface area contributed by atoms with Crippen molar-refractivity contribution in [1.29, 1.82) is 0 Å². The molecule has 0 radical (unpaired) electrons. The Hall–Kier alpha value is -2.45. The van der Waals surface area contributed by atoms with E-state index in [-0.39, 0.29) is 19.0 Å². The number of rotatable bonds is 8. The van der Waals surface area contributed by atoms with Crippen LogP contribution in [0.5, 0.6) is 5.75 Å². The summed E-state index contributed by atoms with van der Waals surface area (Å²) in [5, 5.41) is 14.0. The quantitative estimate of drug-likeness (QED) is 0.603. The fraction of sp³-hybridized carbons (Fsp3) is 0.474. The number of hydrogen-bond acceptors (Lipinski definition) is 5. The van der Waals surface area contributed by atoms with Gasteiger partial charge in [0.2, 0.25) is 0 Å². The maximum Gasteiger partial charge on any atom is 0.256 e. The van der Waals surface area contributed by atoms with Gasteiger partial charge in [0.1, 0.15) is 11.6 Å². The highest BCUT2D eigenvalue weighted by atomic mass is 19.1. The minimum atomic E-state index is -1.47. The highest BCUT2D eigenvalue weighted by molar-refractivity contribution is 5.86. The zero-order chi connectivity index (χ0) is 19.3. The average molecular weight is 376 g/mol. The van der Waals surface area contributed by atoms with Crippen LogP contribution in [-0.2, 0) is 17.8 Å². The number of ether oxygens (including phenoxy) is 1. The van der Waals surface area contributed by atoms with E-state index < -0.39 is 11.4 Å². The number of H-pyrrole nitrogens is 1. The molecule has 1 atom stereocenters. The number of nitrogens with zero attached hydrogens (tertiary/aromatic N) is 2. The van der Waals surface area contributed by atoms with Gasteiger partial charge in [0.25, 0.3) is 5.91 Å². The van der Waals surface area contributed by atoms with Gasteiger partial charge in [-0.25, -0.2) is 9.37 Å². The molecule has 2 aromatic rings. The van der Waals surface area contributed by atoms with Crippen molar-refractivity contribution in [3.05, 3.63) is 47.8 Å². The van der Waals surface area contributed by atoms with Crippen LogP contribution in [-0.4, -0.2) is 58.2 Å². The van der Waals surface area contributed by atoms with Crippen LogP contribution < -0.4 is 10.1 Å². The monoisotopic (exact) mass is 376 g/mol. The molecule has 3 rings (SSSR count). The maximum atomic E-state index is 14.1. The Morgan fingerprint density at radius 2 is 2.33 bits per heavy atom. The third-order valence-electron chi connectivity index (χ3n) is 4.86.